The number of rotatable bonds is 7. The Kier molecular flexibility index (Phi) is 5.73. The molecule has 1 unspecified atom stereocenters. The van der Waals surface area contributed by atoms with Crippen molar-refractivity contribution in [1.29, 1.82) is 0 Å². The fourth-order valence-electron chi connectivity index (χ4n) is 3.46. The zero-order chi connectivity index (χ0) is 21.9. The molecule has 3 aromatic rings. The van der Waals surface area contributed by atoms with Crippen molar-refractivity contribution in [3.63, 3.8) is 0 Å². The van der Waals surface area contributed by atoms with E-state index in [2.05, 4.69) is 10.6 Å². The predicted octanol–water partition coefficient (Wildman–Crippen LogP) is 5.24. The van der Waals surface area contributed by atoms with Crippen molar-refractivity contribution in [1.82, 2.24) is 0 Å². The van der Waals surface area contributed by atoms with E-state index in [4.69, 9.17) is 9.47 Å². The predicted molar refractivity (Wildman–Crippen MR) is 124 cm³/mol. The second-order valence-corrected chi connectivity index (χ2v) is 8.94. The van der Waals surface area contributed by atoms with Crippen LogP contribution in [0.25, 0.3) is 0 Å². The first-order valence-corrected chi connectivity index (χ1v) is 11.4. The Bertz CT molecular complexity index is 1150. The zero-order valence-corrected chi connectivity index (χ0v) is 18.1. The summed E-state index contributed by atoms with van der Waals surface area (Å²) in [4.78, 5) is 26.3. The van der Waals surface area contributed by atoms with E-state index in [1.54, 1.807) is 18.2 Å². The van der Waals surface area contributed by atoms with E-state index in [-0.39, 0.29) is 24.5 Å². The van der Waals surface area contributed by atoms with E-state index in [1.165, 1.54) is 11.8 Å². The molecule has 1 fully saturated rings. The van der Waals surface area contributed by atoms with Gasteiger partial charge in [0.25, 0.3) is 0 Å². The van der Waals surface area contributed by atoms with Crippen LogP contribution in [-0.4, -0.2) is 18.6 Å². The molecule has 1 heterocycles. The third-order valence-electron chi connectivity index (χ3n) is 5.28. The minimum atomic E-state index is -0.476. The molecular formula is C25H22N2O4S. The number of fused-ring (bicyclic) bond motifs is 1. The highest BCUT2D eigenvalue weighted by atomic mass is 32.2. The Labute approximate surface area is 190 Å². The smallest absolute Gasteiger partial charge is 0.242 e. The third-order valence-corrected chi connectivity index (χ3v) is 6.53. The molecule has 6 nitrogen and oxygen atoms in total. The van der Waals surface area contributed by atoms with E-state index in [1.807, 2.05) is 54.6 Å². The fraction of sp³-hybridized carbons (Fsp3) is 0.200. The van der Waals surface area contributed by atoms with Crippen LogP contribution in [-0.2, 0) is 9.59 Å². The molecule has 0 aromatic heterocycles. The second kappa shape index (κ2) is 8.96. The maximum Gasteiger partial charge on any atom is 0.242 e. The summed E-state index contributed by atoms with van der Waals surface area (Å²) in [5.41, 5.74) is 2.28. The number of hydrogen-bond acceptors (Lipinski definition) is 5. The van der Waals surface area contributed by atoms with E-state index in [0.717, 1.165) is 29.0 Å². The van der Waals surface area contributed by atoms with Crippen LogP contribution >= 0.6 is 11.8 Å². The van der Waals surface area contributed by atoms with Crippen LogP contribution in [0.3, 0.4) is 0 Å². The molecule has 2 aliphatic rings. The first-order valence-electron chi connectivity index (χ1n) is 10.5. The zero-order valence-electron chi connectivity index (χ0n) is 17.2. The molecule has 1 aliphatic carbocycles. The van der Waals surface area contributed by atoms with Gasteiger partial charge in [0.2, 0.25) is 18.6 Å². The van der Waals surface area contributed by atoms with Gasteiger partial charge in [-0.1, -0.05) is 36.4 Å². The van der Waals surface area contributed by atoms with Crippen LogP contribution in [0.4, 0.5) is 11.4 Å². The van der Waals surface area contributed by atoms with Gasteiger partial charge in [-0.25, -0.2) is 0 Å². The summed E-state index contributed by atoms with van der Waals surface area (Å²) >= 11 is 1.44. The summed E-state index contributed by atoms with van der Waals surface area (Å²) in [5, 5.41) is 5.49. The highest BCUT2D eigenvalue weighted by molar-refractivity contribution is 8.00. The normalized spacial score (nSPS) is 15.1. The van der Waals surface area contributed by atoms with Crippen LogP contribution in [0.15, 0.2) is 77.7 Å². The highest BCUT2D eigenvalue weighted by Crippen LogP contribution is 2.39. The quantitative estimate of drug-likeness (QED) is 0.486. The summed E-state index contributed by atoms with van der Waals surface area (Å²) in [6.07, 6.45) is 1.91. The van der Waals surface area contributed by atoms with Gasteiger partial charge in [0.1, 0.15) is 5.25 Å². The number of ether oxygens (including phenoxy) is 2. The number of anilines is 2. The maximum atomic E-state index is 13.3. The number of thioether (sulfide) groups is 1. The SMILES string of the molecule is O=C(Nc1cccc(SC(C(=O)Nc2ccc3c(c2)OCO3)c2ccccc2)c1)C1CC1. The van der Waals surface area contributed by atoms with Crippen LogP contribution in [0.2, 0.25) is 0 Å². The summed E-state index contributed by atoms with van der Waals surface area (Å²) in [6, 6.07) is 22.6. The van der Waals surface area contributed by atoms with Gasteiger partial charge >= 0.3 is 0 Å². The molecule has 0 saturated heterocycles. The molecule has 0 radical (unpaired) electrons. The van der Waals surface area contributed by atoms with Crippen LogP contribution in [0.5, 0.6) is 11.5 Å². The minimum Gasteiger partial charge on any atom is -0.454 e. The first kappa shape index (κ1) is 20.5. The number of carbonyl (C=O) groups is 2. The lowest BCUT2D eigenvalue weighted by Crippen LogP contribution is -2.19. The number of benzene rings is 3. The molecule has 162 valence electrons. The molecule has 3 aromatic carbocycles. The molecule has 1 saturated carbocycles. The standard InChI is InChI=1S/C25H22N2O4S/c28-24(17-9-10-17)26-18-7-4-8-20(13-18)32-23(16-5-2-1-3-6-16)25(29)27-19-11-12-21-22(14-19)31-15-30-21/h1-8,11-14,17,23H,9-10,15H2,(H,26,28)(H,27,29). The summed E-state index contributed by atoms with van der Waals surface area (Å²) < 4.78 is 10.8. The lowest BCUT2D eigenvalue weighted by molar-refractivity contribution is -0.117. The van der Waals surface area contributed by atoms with Gasteiger partial charge in [-0.15, -0.1) is 11.8 Å². The van der Waals surface area contributed by atoms with Crippen LogP contribution < -0.4 is 20.1 Å². The van der Waals surface area contributed by atoms with Gasteiger partial charge in [-0.2, -0.15) is 0 Å². The molecular weight excluding hydrogens is 424 g/mol. The summed E-state index contributed by atoms with van der Waals surface area (Å²) in [7, 11) is 0. The molecule has 7 heteroatoms. The van der Waals surface area contributed by atoms with Crippen molar-refractivity contribution in [3.05, 3.63) is 78.4 Å². The second-order valence-electron chi connectivity index (χ2n) is 7.76. The largest absolute Gasteiger partial charge is 0.454 e. The van der Waals surface area contributed by atoms with Crippen molar-refractivity contribution < 1.29 is 19.1 Å². The molecule has 32 heavy (non-hydrogen) atoms. The van der Waals surface area contributed by atoms with E-state index >= 15 is 0 Å². The Balaban J connectivity index is 1.35. The van der Waals surface area contributed by atoms with Crippen molar-refractivity contribution in [2.45, 2.75) is 23.0 Å². The third kappa shape index (κ3) is 4.73. The molecule has 5 rings (SSSR count). The molecule has 0 bridgehead atoms. The van der Waals surface area contributed by atoms with Gasteiger partial charge in [0, 0.05) is 28.3 Å². The molecule has 0 spiro atoms. The Morgan fingerprint density at radius 3 is 2.44 bits per heavy atom. The van der Waals surface area contributed by atoms with E-state index in [9.17, 15) is 9.59 Å². The van der Waals surface area contributed by atoms with Gasteiger partial charge in [0.05, 0.1) is 0 Å². The number of carbonyl (C=O) groups excluding carboxylic acids is 2. The van der Waals surface area contributed by atoms with Crippen molar-refractivity contribution in [3.8, 4) is 11.5 Å². The lowest BCUT2D eigenvalue weighted by atomic mass is 10.1. The fourth-order valence-corrected chi connectivity index (χ4v) is 4.54. The van der Waals surface area contributed by atoms with Gasteiger partial charge in [-0.05, 0) is 48.7 Å². The van der Waals surface area contributed by atoms with Gasteiger partial charge in [-0.3, -0.25) is 9.59 Å². The van der Waals surface area contributed by atoms with Crippen molar-refractivity contribution >= 4 is 35.0 Å². The van der Waals surface area contributed by atoms with Crippen LogP contribution in [0.1, 0.15) is 23.7 Å². The number of hydrogen-bond donors (Lipinski definition) is 2. The molecule has 1 aliphatic heterocycles. The lowest BCUT2D eigenvalue weighted by Gasteiger charge is -2.18. The Hall–Kier alpha value is -3.45. The average molecular weight is 447 g/mol. The molecule has 1 atom stereocenters. The molecule has 2 N–H and O–H groups in total. The Morgan fingerprint density at radius 2 is 1.62 bits per heavy atom. The topological polar surface area (TPSA) is 76.7 Å². The van der Waals surface area contributed by atoms with Gasteiger partial charge < -0.3 is 20.1 Å². The summed E-state index contributed by atoms with van der Waals surface area (Å²) in [5.74, 6) is 1.34. The Morgan fingerprint density at radius 1 is 0.844 bits per heavy atom. The van der Waals surface area contributed by atoms with Crippen molar-refractivity contribution in [2.24, 2.45) is 5.92 Å². The molecule has 2 amide bonds. The monoisotopic (exact) mass is 446 g/mol. The maximum absolute atomic E-state index is 13.3. The van der Waals surface area contributed by atoms with Crippen molar-refractivity contribution in [2.75, 3.05) is 17.4 Å². The van der Waals surface area contributed by atoms with E-state index in [0.29, 0.717) is 17.2 Å². The number of amides is 2. The minimum absolute atomic E-state index is 0.0623. The van der Waals surface area contributed by atoms with Gasteiger partial charge in [0.15, 0.2) is 11.5 Å². The van der Waals surface area contributed by atoms with E-state index < -0.39 is 5.25 Å². The highest BCUT2D eigenvalue weighted by Gasteiger charge is 2.29. The first-order chi connectivity index (χ1) is 15.7. The summed E-state index contributed by atoms with van der Waals surface area (Å²) in [6.45, 7) is 0.183. The number of nitrogens with one attached hydrogen (secondary N) is 2. The van der Waals surface area contributed by atoms with Crippen LogP contribution in [0, 0.1) is 5.92 Å². The average Bonchev–Trinajstić information content (AvgIpc) is 3.56.